The fraction of sp³-hybridized carbons (Fsp3) is 0.652. The molecule has 2 amide bonds. The number of carbonyl (C=O) groups excluding carboxylic acids is 2. The number of nitrogens with one attached hydrogen (secondary N) is 1. The second-order valence-electron chi connectivity index (χ2n) is 10.4. The summed E-state index contributed by atoms with van der Waals surface area (Å²) in [6.45, 7) is 16.4. The van der Waals surface area contributed by atoms with Crippen LogP contribution in [0.2, 0.25) is 0 Å². The molecule has 1 aromatic carbocycles. The number of hydrogen-bond acceptors (Lipinski definition) is 4. The van der Waals surface area contributed by atoms with E-state index in [4.69, 9.17) is 0 Å². The molecule has 1 aliphatic heterocycles. The van der Waals surface area contributed by atoms with Gasteiger partial charge in [-0.05, 0) is 36.0 Å². The Morgan fingerprint density at radius 1 is 0.935 bits per heavy atom. The monoisotopic (exact) mass is 451 g/mol. The highest BCUT2D eigenvalue weighted by atomic mass is 32.2. The number of benzene rings is 1. The van der Waals surface area contributed by atoms with Crippen LogP contribution < -0.4 is 5.32 Å². The van der Waals surface area contributed by atoms with Gasteiger partial charge in [0.05, 0.1) is 11.4 Å². The van der Waals surface area contributed by atoms with E-state index in [0.717, 1.165) is 16.7 Å². The molecule has 1 aliphatic rings. The molecule has 0 aliphatic carbocycles. The average Bonchev–Trinajstić information content (AvgIpc) is 2.63. The van der Waals surface area contributed by atoms with Crippen molar-refractivity contribution in [2.24, 2.45) is 5.41 Å². The number of nitrogens with zero attached hydrogens (tertiary/aromatic N) is 2. The topological polar surface area (TPSA) is 86.8 Å². The van der Waals surface area contributed by atoms with Crippen LogP contribution in [0.15, 0.2) is 17.0 Å². The van der Waals surface area contributed by atoms with Gasteiger partial charge in [-0.3, -0.25) is 9.59 Å². The van der Waals surface area contributed by atoms with Gasteiger partial charge in [-0.15, -0.1) is 0 Å². The van der Waals surface area contributed by atoms with Gasteiger partial charge in [-0.2, -0.15) is 4.31 Å². The third-order valence-electron chi connectivity index (χ3n) is 5.60. The van der Waals surface area contributed by atoms with Crippen LogP contribution in [0.5, 0.6) is 0 Å². The van der Waals surface area contributed by atoms with Gasteiger partial charge in [-0.1, -0.05) is 53.7 Å². The molecule has 1 fully saturated rings. The zero-order chi connectivity index (χ0) is 23.8. The van der Waals surface area contributed by atoms with Crippen molar-refractivity contribution in [2.75, 3.05) is 32.7 Å². The third kappa shape index (κ3) is 5.86. The van der Waals surface area contributed by atoms with Crippen LogP contribution in [0.25, 0.3) is 0 Å². The summed E-state index contributed by atoms with van der Waals surface area (Å²) in [5.41, 5.74) is 1.97. The minimum Gasteiger partial charge on any atom is -0.347 e. The molecule has 1 heterocycles. The maximum atomic E-state index is 13.4. The third-order valence-corrected chi connectivity index (χ3v) is 7.80. The maximum Gasteiger partial charge on any atom is 0.243 e. The summed E-state index contributed by atoms with van der Waals surface area (Å²) in [6, 6.07) is 3.91. The van der Waals surface area contributed by atoms with E-state index < -0.39 is 15.4 Å². The SMILES string of the molecule is Cc1cc(C(C)(C)C)cc(C)c1S(=O)(=O)N1CCN(C(=O)CNC(=O)C(C)(C)C)CC1. The highest BCUT2D eigenvalue weighted by Gasteiger charge is 2.33. The van der Waals surface area contributed by atoms with Gasteiger partial charge in [0.15, 0.2) is 0 Å². The van der Waals surface area contributed by atoms with Crippen molar-refractivity contribution in [3.05, 3.63) is 28.8 Å². The van der Waals surface area contributed by atoms with Crippen LogP contribution in [0.4, 0.5) is 0 Å². The van der Waals surface area contributed by atoms with Gasteiger partial charge in [-0.25, -0.2) is 8.42 Å². The fourth-order valence-electron chi connectivity index (χ4n) is 3.63. The molecule has 0 atom stereocenters. The number of hydrogen-bond donors (Lipinski definition) is 1. The summed E-state index contributed by atoms with van der Waals surface area (Å²) in [6.07, 6.45) is 0. The quantitative estimate of drug-likeness (QED) is 0.762. The highest BCUT2D eigenvalue weighted by molar-refractivity contribution is 7.89. The Balaban J connectivity index is 2.09. The Hall–Kier alpha value is -1.93. The summed E-state index contributed by atoms with van der Waals surface area (Å²) in [5.74, 6) is -0.386. The van der Waals surface area contributed by atoms with E-state index in [1.54, 1.807) is 25.7 Å². The number of aryl methyl sites for hydroxylation is 2. The molecule has 2 rings (SSSR count). The number of sulfonamides is 1. The van der Waals surface area contributed by atoms with Crippen molar-refractivity contribution in [3.8, 4) is 0 Å². The largest absolute Gasteiger partial charge is 0.347 e. The first kappa shape index (κ1) is 25.3. The summed E-state index contributed by atoms with van der Waals surface area (Å²) >= 11 is 0. The first-order valence-electron chi connectivity index (χ1n) is 10.7. The Bertz CT molecular complexity index is 925. The van der Waals surface area contributed by atoms with Gasteiger partial charge in [0.2, 0.25) is 21.8 Å². The van der Waals surface area contributed by atoms with Gasteiger partial charge in [0, 0.05) is 31.6 Å². The predicted molar refractivity (Wildman–Crippen MR) is 122 cm³/mol. The van der Waals surface area contributed by atoms with Crippen molar-refractivity contribution in [1.82, 2.24) is 14.5 Å². The molecule has 0 aromatic heterocycles. The Kier molecular flexibility index (Phi) is 7.27. The Labute approximate surface area is 187 Å². The molecule has 1 N–H and O–H groups in total. The number of amides is 2. The van der Waals surface area contributed by atoms with Crippen LogP contribution >= 0.6 is 0 Å². The van der Waals surface area contributed by atoms with Crippen molar-refractivity contribution in [3.63, 3.8) is 0 Å². The van der Waals surface area contributed by atoms with E-state index in [1.807, 2.05) is 26.0 Å². The first-order chi connectivity index (χ1) is 14.0. The molecule has 0 radical (unpaired) electrons. The van der Waals surface area contributed by atoms with E-state index in [0.29, 0.717) is 18.0 Å². The number of piperazine rings is 1. The van der Waals surface area contributed by atoms with Gasteiger partial charge >= 0.3 is 0 Å². The summed E-state index contributed by atoms with van der Waals surface area (Å²) in [5, 5.41) is 2.66. The first-order valence-corrected chi connectivity index (χ1v) is 12.2. The minimum atomic E-state index is -3.65. The lowest BCUT2D eigenvalue weighted by Crippen LogP contribution is -2.53. The molecule has 8 heteroatoms. The average molecular weight is 452 g/mol. The number of rotatable bonds is 4. The predicted octanol–water partition coefficient (Wildman–Crippen LogP) is 2.60. The molecule has 1 aromatic rings. The van der Waals surface area contributed by atoms with Crippen LogP contribution in [0, 0.1) is 19.3 Å². The van der Waals surface area contributed by atoms with Crippen molar-refractivity contribution in [1.29, 1.82) is 0 Å². The van der Waals surface area contributed by atoms with E-state index in [9.17, 15) is 18.0 Å². The van der Waals surface area contributed by atoms with Crippen LogP contribution in [0.3, 0.4) is 0 Å². The second-order valence-corrected chi connectivity index (χ2v) is 12.3. The zero-order valence-electron chi connectivity index (χ0n) is 20.1. The van der Waals surface area contributed by atoms with E-state index in [2.05, 4.69) is 26.1 Å². The molecular weight excluding hydrogens is 414 g/mol. The van der Waals surface area contributed by atoms with Gasteiger partial charge in [0.1, 0.15) is 0 Å². The van der Waals surface area contributed by atoms with Crippen LogP contribution in [-0.4, -0.2) is 62.2 Å². The molecular formula is C23H37N3O4S. The standard InChI is InChI=1S/C23H37N3O4S/c1-16-13-18(22(3,4)5)14-17(2)20(16)31(29,30)26-11-9-25(10-12-26)19(27)15-24-21(28)23(6,7)8/h13-14H,9-12,15H2,1-8H3,(H,24,28). The number of carbonyl (C=O) groups is 2. The van der Waals surface area contributed by atoms with Crippen LogP contribution in [-0.2, 0) is 25.0 Å². The fourth-order valence-corrected chi connectivity index (χ4v) is 5.46. The Morgan fingerprint density at radius 2 is 1.42 bits per heavy atom. The molecule has 0 unspecified atom stereocenters. The summed E-state index contributed by atoms with van der Waals surface area (Å²) in [4.78, 5) is 26.4. The van der Waals surface area contributed by atoms with E-state index >= 15 is 0 Å². The van der Waals surface area contributed by atoms with Gasteiger partial charge in [0.25, 0.3) is 0 Å². The van der Waals surface area contributed by atoms with E-state index in [-0.39, 0.29) is 36.9 Å². The van der Waals surface area contributed by atoms with Gasteiger partial charge < -0.3 is 10.2 Å². The highest BCUT2D eigenvalue weighted by Crippen LogP contribution is 2.31. The smallest absolute Gasteiger partial charge is 0.243 e. The second kappa shape index (κ2) is 8.90. The van der Waals surface area contributed by atoms with Crippen molar-refractivity contribution in [2.45, 2.75) is 65.7 Å². The normalized spacial score (nSPS) is 16.3. The lowest BCUT2D eigenvalue weighted by molar-refractivity contribution is -0.135. The molecule has 1 saturated heterocycles. The molecule has 0 spiro atoms. The molecule has 174 valence electrons. The summed E-state index contributed by atoms with van der Waals surface area (Å²) < 4.78 is 28.2. The molecule has 31 heavy (non-hydrogen) atoms. The minimum absolute atomic E-state index is 0.0633. The molecule has 0 saturated carbocycles. The maximum absolute atomic E-state index is 13.4. The lowest BCUT2D eigenvalue weighted by Gasteiger charge is -2.35. The lowest BCUT2D eigenvalue weighted by atomic mass is 9.85. The van der Waals surface area contributed by atoms with Crippen molar-refractivity contribution >= 4 is 21.8 Å². The molecule has 7 nitrogen and oxygen atoms in total. The van der Waals surface area contributed by atoms with Crippen LogP contribution in [0.1, 0.15) is 58.2 Å². The molecule has 0 bridgehead atoms. The van der Waals surface area contributed by atoms with Crippen molar-refractivity contribution < 1.29 is 18.0 Å². The van der Waals surface area contributed by atoms with E-state index in [1.165, 1.54) is 4.31 Å². The Morgan fingerprint density at radius 3 is 1.84 bits per heavy atom. The zero-order valence-corrected chi connectivity index (χ0v) is 20.9. The summed E-state index contributed by atoms with van der Waals surface area (Å²) in [7, 11) is -3.65.